The molecule has 3 aromatic carbocycles. The van der Waals surface area contributed by atoms with Crippen LogP contribution < -0.4 is 4.72 Å². The lowest BCUT2D eigenvalue weighted by molar-refractivity contribution is -0.140. The number of alkyl halides is 3. The highest BCUT2D eigenvalue weighted by Gasteiger charge is 2.36. The van der Waals surface area contributed by atoms with Gasteiger partial charge in [-0.3, -0.25) is 9.52 Å². The summed E-state index contributed by atoms with van der Waals surface area (Å²) in [5, 5.41) is 9.14. The summed E-state index contributed by atoms with van der Waals surface area (Å²) in [6.45, 7) is 0.0685. The number of nitriles is 1. The van der Waals surface area contributed by atoms with Gasteiger partial charge in [0.25, 0.3) is 15.9 Å². The van der Waals surface area contributed by atoms with Crippen molar-refractivity contribution in [1.29, 1.82) is 5.26 Å². The van der Waals surface area contributed by atoms with E-state index in [-0.39, 0.29) is 41.0 Å². The van der Waals surface area contributed by atoms with E-state index in [1.807, 2.05) is 6.07 Å². The Morgan fingerprint density at radius 3 is 2.54 bits per heavy atom. The molecule has 4 rings (SSSR count). The van der Waals surface area contributed by atoms with Crippen LogP contribution in [0, 0.1) is 17.1 Å². The third-order valence-electron chi connectivity index (χ3n) is 5.34. The fourth-order valence-corrected chi connectivity index (χ4v) is 5.09. The Labute approximate surface area is 202 Å². The summed E-state index contributed by atoms with van der Waals surface area (Å²) in [7, 11) is -4.58. The fourth-order valence-electron chi connectivity index (χ4n) is 3.71. The van der Waals surface area contributed by atoms with Crippen LogP contribution in [0.4, 0.5) is 23.2 Å². The Hall–Kier alpha value is -3.62. The van der Waals surface area contributed by atoms with E-state index in [1.54, 1.807) is 24.3 Å². The molecule has 3 aromatic rings. The van der Waals surface area contributed by atoms with E-state index in [2.05, 4.69) is 4.72 Å². The van der Waals surface area contributed by atoms with Crippen LogP contribution in [0.1, 0.15) is 32.6 Å². The quantitative estimate of drug-likeness (QED) is 0.458. The van der Waals surface area contributed by atoms with Crippen molar-refractivity contribution >= 4 is 33.2 Å². The standard InChI is InChI=1S/C23H14ClF4N3O3S/c24-18-5-7-20(30-35(33,34)15-4-6-19(25)17(9-15)23(26,27)28)16-12-31(22(32)21(16)18)11-14-3-1-2-13(8-14)10-29/h1-9,30H,11-12H2. The van der Waals surface area contributed by atoms with Crippen molar-refractivity contribution in [2.45, 2.75) is 24.2 Å². The summed E-state index contributed by atoms with van der Waals surface area (Å²) in [5.74, 6) is -2.08. The van der Waals surface area contributed by atoms with Crippen LogP contribution >= 0.6 is 11.6 Å². The average Bonchev–Trinajstić information content (AvgIpc) is 3.12. The lowest BCUT2D eigenvalue weighted by Gasteiger charge is -2.16. The molecule has 0 fully saturated rings. The van der Waals surface area contributed by atoms with Gasteiger partial charge >= 0.3 is 6.18 Å². The number of hydrogen-bond acceptors (Lipinski definition) is 4. The first kappa shape index (κ1) is 24.5. The van der Waals surface area contributed by atoms with E-state index in [0.29, 0.717) is 23.3 Å². The molecule has 0 radical (unpaired) electrons. The van der Waals surface area contributed by atoms with E-state index in [9.17, 15) is 30.8 Å². The maximum atomic E-state index is 13.6. The van der Waals surface area contributed by atoms with Crippen molar-refractivity contribution in [3.8, 4) is 6.07 Å². The molecule has 12 heteroatoms. The van der Waals surface area contributed by atoms with Crippen LogP contribution in [0.3, 0.4) is 0 Å². The highest BCUT2D eigenvalue weighted by molar-refractivity contribution is 7.92. The first-order valence-corrected chi connectivity index (χ1v) is 11.8. The first-order valence-electron chi connectivity index (χ1n) is 9.90. The SMILES string of the molecule is N#Cc1cccc(CN2Cc3c(NS(=O)(=O)c4ccc(F)c(C(F)(F)F)c4)ccc(Cl)c3C2=O)c1. The molecule has 1 heterocycles. The minimum atomic E-state index is -5.09. The fraction of sp³-hybridized carbons (Fsp3) is 0.130. The summed E-state index contributed by atoms with van der Waals surface area (Å²) >= 11 is 6.19. The maximum absolute atomic E-state index is 13.6. The van der Waals surface area contributed by atoms with E-state index in [0.717, 1.165) is 0 Å². The molecule has 0 unspecified atom stereocenters. The predicted molar refractivity (Wildman–Crippen MR) is 118 cm³/mol. The lowest BCUT2D eigenvalue weighted by atomic mass is 10.1. The molecule has 0 spiro atoms. The predicted octanol–water partition coefficient (Wildman–Crippen LogP) is 5.33. The Bertz CT molecular complexity index is 1500. The van der Waals surface area contributed by atoms with Crippen LogP contribution in [-0.2, 0) is 29.3 Å². The molecule has 0 aromatic heterocycles. The van der Waals surface area contributed by atoms with Crippen molar-refractivity contribution in [1.82, 2.24) is 4.90 Å². The molecule has 0 saturated heterocycles. The van der Waals surface area contributed by atoms with Gasteiger partial charge in [-0.1, -0.05) is 23.7 Å². The number of rotatable bonds is 5. The van der Waals surface area contributed by atoms with Crippen molar-refractivity contribution in [3.63, 3.8) is 0 Å². The number of benzene rings is 3. The number of fused-ring (bicyclic) bond motifs is 1. The van der Waals surface area contributed by atoms with Gasteiger partial charge in [0.05, 0.1) is 38.4 Å². The van der Waals surface area contributed by atoms with Crippen LogP contribution in [0.25, 0.3) is 0 Å². The molecular weight excluding hydrogens is 510 g/mol. The van der Waals surface area contributed by atoms with Crippen LogP contribution in [0.2, 0.25) is 5.02 Å². The topological polar surface area (TPSA) is 90.3 Å². The number of nitrogens with zero attached hydrogens (tertiary/aromatic N) is 2. The Morgan fingerprint density at radius 2 is 1.86 bits per heavy atom. The number of nitrogens with one attached hydrogen (secondary N) is 1. The smallest absolute Gasteiger partial charge is 0.330 e. The maximum Gasteiger partial charge on any atom is 0.419 e. The number of anilines is 1. The molecule has 35 heavy (non-hydrogen) atoms. The van der Waals surface area contributed by atoms with E-state index >= 15 is 0 Å². The number of carbonyl (C=O) groups is 1. The molecule has 1 aliphatic heterocycles. The summed E-state index contributed by atoms with van der Waals surface area (Å²) < 4.78 is 80.6. The monoisotopic (exact) mass is 523 g/mol. The third-order valence-corrected chi connectivity index (χ3v) is 7.02. The van der Waals surface area contributed by atoms with Gasteiger partial charge in [0.15, 0.2) is 0 Å². The van der Waals surface area contributed by atoms with Crippen molar-refractivity contribution < 1.29 is 30.8 Å². The van der Waals surface area contributed by atoms with Crippen molar-refractivity contribution in [2.24, 2.45) is 0 Å². The lowest BCUT2D eigenvalue weighted by Crippen LogP contribution is -2.23. The summed E-state index contributed by atoms with van der Waals surface area (Å²) in [6, 6.07) is 12.5. The van der Waals surface area contributed by atoms with Gasteiger partial charge < -0.3 is 4.90 Å². The normalized spacial score (nSPS) is 13.5. The molecule has 1 N–H and O–H groups in total. The van der Waals surface area contributed by atoms with Gasteiger partial charge in [0.2, 0.25) is 0 Å². The van der Waals surface area contributed by atoms with Gasteiger partial charge in [-0.2, -0.15) is 18.4 Å². The number of sulfonamides is 1. The third kappa shape index (κ3) is 4.80. The molecule has 180 valence electrons. The Kier molecular flexibility index (Phi) is 6.21. The van der Waals surface area contributed by atoms with Crippen LogP contribution in [-0.4, -0.2) is 19.2 Å². The molecule has 0 atom stereocenters. The Balaban J connectivity index is 1.66. The van der Waals surface area contributed by atoms with Gasteiger partial charge in [0, 0.05) is 18.7 Å². The van der Waals surface area contributed by atoms with Crippen molar-refractivity contribution in [3.05, 3.63) is 93.3 Å². The first-order chi connectivity index (χ1) is 16.4. The van der Waals surface area contributed by atoms with Crippen molar-refractivity contribution in [2.75, 3.05) is 4.72 Å². The average molecular weight is 524 g/mol. The molecule has 1 amide bonds. The minimum absolute atomic E-state index is 0.0411. The van der Waals surface area contributed by atoms with Gasteiger partial charge in [-0.25, -0.2) is 12.8 Å². The van der Waals surface area contributed by atoms with Crippen LogP contribution in [0.15, 0.2) is 59.5 Å². The molecule has 0 bridgehead atoms. The van der Waals surface area contributed by atoms with Gasteiger partial charge in [-0.05, 0) is 48.0 Å². The zero-order valence-corrected chi connectivity index (χ0v) is 19.1. The number of hydrogen-bond donors (Lipinski definition) is 1. The molecule has 1 aliphatic rings. The molecular formula is C23H14ClF4N3O3S. The van der Waals surface area contributed by atoms with Gasteiger partial charge in [-0.15, -0.1) is 0 Å². The molecule has 6 nitrogen and oxygen atoms in total. The highest BCUT2D eigenvalue weighted by Crippen LogP contribution is 2.37. The number of halogens is 5. The highest BCUT2D eigenvalue weighted by atomic mass is 35.5. The minimum Gasteiger partial charge on any atom is -0.330 e. The zero-order valence-electron chi connectivity index (χ0n) is 17.5. The second-order valence-electron chi connectivity index (χ2n) is 7.67. The largest absolute Gasteiger partial charge is 0.419 e. The van der Waals surface area contributed by atoms with Gasteiger partial charge in [0.1, 0.15) is 5.82 Å². The van der Waals surface area contributed by atoms with E-state index < -0.39 is 38.4 Å². The number of carbonyl (C=O) groups excluding carboxylic acids is 1. The number of amides is 1. The van der Waals surface area contributed by atoms with E-state index in [4.69, 9.17) is 16.9 Å². The molecule has 0 aliphatic carbocycles. The summed E-state index contributed by atoms with van der Waals surface area (Å²) in [4.78, 5) is 13.6. The summed E-state index contributed by atoms with van der Waals surface area (Å²) in [6.07, 6.45) is -5.09. The van der Waals surface area contributed by atoms with E-state index in [1.165, 1.54) is 17.0 Å². The Morgan fingerprint density at radius 1 is 1.11 bits per heavy atom. The second-order valence-corrected chi connectivity index (χ2v) is 9.76. The van der Waals surface area contributed by atoms with Crippen LogP contribution in [0.5, 0.6) is 0 Å². The second kappa shape index (κ2) is 8.87. The molecule has 0 saturated carbocycles. The summed E-state index contributed by atoms with van der Waals surface area (Å²) in [5.41, 5.74) is -0.421. The zero-order chi connectivity index (χ0) is 25.5.